The fourth-order valence-electron chi connectivity index (χ4n) is 1.67. The van der Waals surface area contributed by atoms with E-state index in [1.807, 2.05) is 13.8 Å². The first-order chi connectivity index (χ1) is 6.61. The number of nitrogens with zero attached hydrogens (tertiary/aromatic N) is 2. The maximum Gasteiger partial charge on any atom is 0.280 e. The van der Waals surface area contributed by atoms with Gasteiger partial charge in [0.2, 0.25) is 0 Å². The van der Waals surface area contributed by atoms with Crippen LogP contribution in [-0.2, 0) is 0 Å². The molecule has 2 rings (SSSR count). The first-order valence-electron chi connectivity index (χ1n) is 4.96. The lowest BCUT2D eigenvalue weighted by Gasteiger charge is -2.09. The zero-order valence-electron chi connectivity index (χ0n) is 8.37. The summed E-state index contributed by atoms with van der Waals surface area (Å²) in [6.45, 7) is 3.83. The average Bonchev–Trinajstić information content (AvgIpc) is 2.83. The molecule has 0 aliphatic heterocycles. The van der Waals surface area contributed by atoms with Crippen LogP contribution in [0.5, 0.6) is 0 Å². The van der Waals surface area contributed by atoms with Crippen LogP contribution in [0.3, 0.4) is 0 Å². The van der Waals surface area contributed by atoms with Gasteiger partial charge in [-0.25, -0.2) is 8.78 Å². The zero-order chi connectivity index (χ0) is 10.3. The van der Waals surface area contributed by atoms with E-state index in [0.717, 1.165) is 12.8 Å². The second kappa shape index (κ2) is 3.33. The molecule has 4 heteroatoms. The van der Waals surface area contributed by atoms with Gasteiger partial charge in [0.1, 0.15) is 5.69 Å². The van der Waals surface area contributed by atoms with Gasteiger partial charge in [0.25, 0.3) is 6.43 Å². The van der Waals surface area contributed by atoms with Gasteiger partial charge in [-0.15, -0.1) is 0 Å². The molecule has 1 fully saturated rings. The second-order valence-corrected chi connectivity index (χ2v) is 4.12. The van der Waals surface area contributed by atoms with Crippen molar-refractivity contribution < 1.29 is 8.78 Å². The Balaban J connectivity index is 2.41. The number of halogens is 2. The Bertz CT molecular complexity index is 307. The molecule has 1 aromatic heterocycles. The molecule has 0 N–H and O–H groups in total. The van der Waals surface area contributed by atoms with Crippen LogP contribution in [0.4, 0.5) is 8.78 Å². The Labute approximate surface area is 81.9 Å². The molecule has 0 unspecified atom stereocenters. The molecule has 0 radical (unpaired) electrons. The molecule has 2 nitrogen and oxygen atoms in total. The fraction of sp³-hybridized carbons (Fsp3) is 0.700. The number of hydrogen-bond acceptors (Lipinski definition) is 1. The molecule has 0 aromatic carbocycles. The summed E-state index contributed by atoms with van der Waals surface area (Å²) >= 11 is 0. The summed E-state index contributed by atoms with van der Waals surface area (Å²) in [5, 5.41) is 4.06. The molecular formula is C10H14F2N2. The minimum absolute atomic E-state index is 0.117. The highest BCUT2D eigenvalue weighted by atomic mass is 19.3. The van der Waals surface area contributed by atoms with Crippen molar-refractivity contribution in [2.24, 2.45) is 0 Å². The molecule has 1 aromatic rings. The van der Waals surface area contributed by atoms with E-state index < -0.39 is 6.43 Å². The average molecular weight is 200 g/mol. The van der Waals surface area contributed by atoms with Gasteiger partial charge in [0.05, 0.1) is 12.2 Å². The summed E-state index contributed by atoms with van der Waals surface area (Å²) in [6.07, 6.45) is 1.15. The normalized spacial score (nSPS) is 17.0. The summed E-state index contributed by atoms with van der Waals surface area (Å²) in [4.78, 5) is 0. The zero-order valence-corrected chi connectivity index (χ0v) is 8.37. The van der Waals surface area contributed by atoms with Crippen LogP contribution >= 0.6 is 0 Å². The van der Waals surface area contributed by atoms with E-state index in [9.17, 15) is 8.78 Å². The molecular weight excluding hydrogens is 186 g/mol. The van der Waals surface area contributed by atoms with E-state index in [1.165, 1.54) is 4.68 Å². The van der Waals surface area contributed by atoms with Crippen molar-refractivity contribution in [2.75, 3.05) is 0 Å². The van der Waals surface area contributed by atoms with Gasteiger partial charge in [0.15, 0.2) is 0 Å². The van der Waals surface area contributed by atoms with Gasteiger partial charge in [-0.1, -0.05) is 13.8 Å². The van der Waals surface area contributed by atoms with Crippen molar-refractivity contribution >= 4 is 0 Å². The minimum Gasteiger partial charge on any atom is -0.260 e. The fourth-order valence-corrected chi connectivity index (χ4v) is 1.67. The van der Waals surface area contributed by atoms with Crippen molar-refractivity contribution in [3.63, 3.8) is 0 Å². The molecule has 78 valence electrons. The first kappa shape index (κ1) is 9.62. The number of rotatable bonds is 3. The molecule has 0 saturated heterocycles. The van der Waals surface area contributed by atoms with Gasteiger partial charge in [-0.05, 0) is 18.8 Å². The van der Waals surface area contributed by atoms with E-state index in [1.54, 1.807) is 6.20 Å². The Kier molecular flexibility index (Phi) is 2.29. The van der Waals surface area contributed by atoms with E-state index in [2.05, 4.69) is 5.10 Å². The van der Waals surface area contributed by atoms with E-state index in [4.69, 9.17) is 0 Å². The topological polar surface area (TPSA) is 17.8 Å². The predicted molar refractivity (Wildman–Crippen MR) is 49.5 cm³/mol. The lowest BCUT2D eigenvalue weighted by Crippen LogP contribution is -2.05. The second-order valence-electron chi connectivity index (χ2n) is 4.12. The van der Waals surface area contributed by atoms with Gasteiger partial charge in [-0.2, -0.15) is 5.10 Å². The Morgan fingerprint density at radius 2 is 2.07 bits per heavy atom. The van der Waals surface area contributed by atoms with Crippen molar-refractivity contribution in [2.45, 2.75) is 45.1 Å². The third-order valence-corrected chi connectivity index (χ3v) is 2.59. The Hall–Kier alpha value is -0.930. The molecule has 1 heterocycles. The molecule has 1 aliphatic carbocycles. The van der Waals surface area contributed by atoms with Crippen LogP contribution in [0, 0.1) is 0 Å². The maximum absolute atomic E-state index is 12.8. The van der Waals surface area contributed by atoms with Gasteiger partial charge < -0.3 is 0 Å². The summed E-state index contributed by atoms with van der Waals surface area (Å²) < 4.78 is 27.1. The van der Waals surface area contributed by atoms with Gasteiger partial charge >= 0.3 is 0 Å². The summed E-state index contributed by atoms with van der Waals surface area (Å²) in [7, 11) is 0. The molecule has 14 heavy (non-hydrogen) atoms. The summed E-state index contributed by atoms with van der Waals surface area (Å²) in [5.41, 5.74) is 0.814. The summed E-state index contributed by atoms with van der Waals surface area (Å²) in [6, 6.07) is 0.228. The summed E-state index contributed by atoms with van der Waals surface area (Å²) in [5.74, 6) is 0.117. The third-order valence-electron chi connectivity index (χ3n) is 2.59. The quantitative estimate of drug-likeness (QED) is 0.732. The SMILES string of the molecule is CC(C)c1cnn(C2CC2)c1C(F)F. The Morgan fingerprint density at radius 1 is 1.43 bits per heavy atom. The molecule has 0 amide bonds. The number of aromatic nitrogens is 2. The monoisotopic (exact) mass is 200 g/mol. The Morgan fingerprint density at radius 3 is 2.50 bits per heavy atom. The van der Waals surface area contributed by atoms with Crippen LogP contribution in [0.15, 0.2) is 6.20 Å². The van der Waals surface area contributed by atoms with E-state index in [0.29, 0.717) is 5.56 Å². The highest BCUT2D eigenvalue weighted by Crippen LogP contribution is 2.39. The minimum atomic E-state index is -2.41. The van der Waals surface area contributed by atoms with Gasteiger partial charge in [0, 0.05) is 5.56 Å². The molecule has 0 spiro atoms. The van der Waals surface area contributed by atoms with Crippen molar-refractivity contribution in [1.29, 1.82) is 0 Å². The predicted octanol–water partition coefficient (Wildman–Crippen LogP) is 3.28. The lowest BCUT2D eigenvalue weighted by molar-refractivity contribution is 0.137. The van der Waals surface area contributed by atoms with Crippen molar-refractivity contribution in [1.82, 2.24) is 9.78 Å². The first-order valence-corrected chi connectivity index (χ1v) is 4.96. The third kappa shape index (κ3) is 1.53. The largest absolute Gasteiger partial charge is 0.280 e. The van der Waals surface area contributed by atoms with Crippen LogP contribution in [0.1, 0.15) is 56.3 Å². The molecule has 1 saturated carbocycles. The molecule has 0 atom stereocenters. The highest BCUT2D eigenvalue weighted by molar-refractivity contribution is 5.23. The lowest BCUT2D eigenvalue weighted by atomic mass is 10.0. The van der Waals surface area contributed by atoms with Crippen molar-refractivity contribution in [3.05, 3.63) is 17.5 Å². The number of hydrogen-bond donors (Lipinski definition) is 0. The van der Waals surface area contributed by atoms with Gasteiger partial charge in [-0.3, -0.25) is 4.68 Å². The van der Waals surface area contributed by atoms with Crippen LogP contribution in [0.25, 0.3) is 0 Å². The van der Waals surface area contributed by atoms with E-state index in [-0.39, 0.29) is 17.7 Å². The standard InChI is InChI=1S/C10H14F2N2/c1-6(2)8-5-13-14(7-3-4-7)9(8)10(11)12/h5-7,10H,3-4H2,1-2H3. The number of alkyl halides is 2. The maximum atomic E-state index is 12.8. The van der Waals surface area contributed by atoms with Crippen LogP contribution in [-0.4, -0.2) is 9.78 Å². The molecule has 0 bridgehead atoms. The van der Waals surface area contributed by atoms with Crippen LogP contribution in [0.2, 0.25) is 0 Å². The smallest absolute Gasteiger partial charge is 0.260 e. The van der Waals surface area contributed by atoms with Crippen molar-refractivity contribution in [3.8, 4) is 0 Å². The molecule has 1 aliphatic rings. The highest BCUT2D eigenvalue weighted by Gasteiger charge is 2.31. The van der Waals surface area contributed by atoms with Crippen LogP contribution < -0.4 is 0 Å². The van der Waals surface area contributed by atoms with E-state index >= 15 is 0 Å².